The number of nitrogens with one attached hydrogen (secondary N) is 1. The Morgan fingerprint density at radius 2 is 2.29 bits per heavy atom. The fourth-order valence-corrected chi connectivity index (χ4v) is 1.98. The number of methoxy groups -OCH3 is 1. The molecule has 1 N–H and O–H groups in total. The van der Waals surface area contributed by atoms with Gasteiger partial charge in [-0.3, -0.25) is 5.32 Å². The molecule has 4 nitrogen and oxygen atoms in total. The number of anilines is 1. The van der Waals surface area contributed by atoms with Crippen molar-refractivity contribution in [1.82, 2.24) is 0 Å². The van der Waals surface area contributed by atoms with Crippen molar-refractivity contribution in [2.75, 3.05) is 19.0 Å². The molecule has 0 saturated carbocycles. The number of carbonyl (C=O) groups excluding carboxylic acids is 1. The normalized spacial score (nSPS) is 9.94. The van der Waals surface area contributed by atoms with Crippen LogP contribution in [0, 0.1) is 9.39 Å². The molecule has 0 aliphatic carbocycles. The molecule has 0 aliphatic rings. The highest BCUT2D eigenvalue weighted by molar-refractivity contribution is 14.1. The van der Waals surface area contributed by atoms with Gasteiger partial charge in [0.25, 0.3) is 0 Å². The zero-order valence-electron chi connectivity index (χ0n) is 9.14. The first-order valence-corrected chi connectivity index (χ1v) is 6.12. The molecule has 0 saturated heterocycles. The molecule has 0 bridgehead atoms. The molecular formula is C10H10ClFINO3. The van der Waals surface area contributed by atoms with Crippen molar-refractivity contribution in [3.63, 3.8) is 0 Å². The number of rotatable bonds is 3. The maximum absolute atomic E-state index is 13.6. The first-order valence-electron chi connectivity index (χ1n) is 4.66. The van der Waals surface area contributed by atoms with Crippen LogP contribution in [0.25, 0.3) is 0 Å². The SMILES string of the molecule is CCOC(=O)Nc1c(F)cc(Cl)c(I)c1OC. The third kappa shape index (κ3) is 3.35. The summed E-state index contributed by atoms with van der Waals surface area (Å²) < 4.78 is 23.8. The van der Waals surface area contributed by atoms with Crippen molar-refractivity contribution in [1.29, 1.82) is 0 Å². The molecule has 1 rings (SSSR count). The molecule has 94 valence electrons. The summed E-state index contributed by atoms with van der Waals surface area (Å²) in [5, 5.41) is 2.49. The van der Waals surface area contributed by atoms with E-state index in [-0.39, 0.29) is 23.1 Å². The lowest BCUT2D eigenvalue weighted by Crippen LogP contribution is -2.15. The molecule has 17 heavy (non-hydrogen) atoms. The van der Waals surface area contributed by atoms with Gasteiger partial charge in [0.15, 0.2) is 11.6 Å². The van der Waals surface area contributed by atoms with E-state index in [1.165, 1.54) is 7.11 Å². The van der Waals surface area contributed by atoms with E-state index >= 15 is 0 Å². The minimum atomic E-state index is -0.747. The van der Waals surface area contributed by atoms with E-state index < -0.39 is 11.9 Å². The van der Waals surface area contributed by atoms with Crippen LogP contribution in [0.1, 0.15) is 6.92 Å². The third-order valence-corrected chi connectivity index (χ3v) is 3.52. The van der Waals surface area contributed by atoms with Gasteiger partial charge in [-0.25, -0.2) is 9.18 Å². The quantitative estimate of drug-likeness (QED) is 0.650. The molecule has 0 atom stereocenters. The van der Waals surface area contributed by atoms with E-state index in [0.717, 1.165) is 6.07 Å². The molecule has 0 aromatic heterocycles. The zero-order valence-corrected chi connectivity index (χ0v) is 12.1. The highest BCUT2D eigenvalue weighted by atomic mass is 127. The lowest BCUT2D eigenvalue weighted by molar-refractivity contribution is 0.167. The Morgan fingerprint density at radius 3 is 2.82 bits per heavy atom. The van der Waals surface area contributed by atoms with Gasteiger partial charge < -0.3 is 9.47 Å². The molecule has 1 aromatic rings. The summed E-state index contributed by atoms with van der Waals surface area (Å²) in [5.41, 5.74) is -0.0836. The Kier molecular flexibility index (Phi) is 5.26. The van der Waals surface area contributed by atoms with Crippen LogP contribution in [0.3, 0.4) is 0 Å². The Balaban J connectivity index is 3.14. The van der Waals surface area contributed by atoms with Gasteiger partial charge in [0, 0.05) is 0 Å². The first-order chi connectivity index (χ1) is 8.01. The van der Waals surface area contributed by atoms with Crippen molar-refractivity contribution in [2.24, 2.45) is 0 Å². The molecule has 0 radical (unpaired) electrons. The van der Waals surface area contributed by atoms with Crippen LogP contribution < -0.4 is 10.1 Å². The average molecular weight is 374 g/mol. The number of hydrogen-bond donors (Lipinski definition) is 1. The molecule has 1 aromatic carbocycles. The summed E-state index contributed by atoms with van der Waals surface area (Å²) in [5.74, 6) is -0.510. The van der Waals surface area contributed by atoms with Crippen LogP contribution in [-0.2, 0) is 4.74 Å². The van der Waals surface area contributed by atoms with E-state index in [4.69, 9.17) is 16.3 Å². The lowest BCUT2D eigenvalue weighted by atomic mass is 10.3. The third-order valence-electron chi connectivity index (χ3n) is 1.83. The summed E-state index contributed by atoms with van der Waals surface area (Å²) in [4.78, 5) is 11.2. The number of carbonyl (C=O) groups is 1. The fourth-order valence-electron chi connectivity index (χ4n) is 1.15. The molecule has 7 heteroatoms. The van der Waals surface area contributed by atoms with Crippen molar-refractivity contribution in [3.8, 4) is 5.75 Å². The molecule has 0 aliphatic heterocycles. The maximum Gasteiger partial charge on any atom is 0.411 e. The lowest BCUT2D eigenvalue weighted by Gasteiger charge is -2.13. The van der Waals surface area contributed by atoms with Crippen LogP contribution in [0.5, 0.6) is 5.75 Å². The van der Waals surface area contributed by atoms with Gasteiger partial charge in [-0.2, -0.15) is 0 Å². The van der Waals surface area contributed by atoms with Gasteiger partial charge in [-0.1, -0.05) is 11.6 Å². The van der Waals surface area contributed by atoms with Crippen molar-refractivity contribution in [3.05, 3.63) is 20.5 Å². The smallest absolute Gasteiger partial charge is 0.411 e. The standard InChI is InChI=1S/C10H10ClFINO3/c1-3-17-10(15)14-8-6(12)4-5(11)7(13)9(8)16-2/h4H,3H2,1-2H3,(H,14,15). The molecular weight excluding hydrogens is 363 g/mol. The summed E-state index contributed by atoms with van der Waals surface area (Å²) >= 11 is 7.70. The van der Waals surface area contributed by atoms with Gasteiger partial charge in [0.1, 0.15) is 5.69 Å². The molecule has 0 heterocycles. The van der Waals surface area contributed by atoms with Gasteiger partial charge >= 0.3 is 6.09 Å². The Morgan fingerprint density at radius 1 is 1.65 bits per heavy atom. The monoisotopic (exact) mass is 373 g/mol. The van der Waals surface area contributed by atoms with Gasteiger partial charge in [-0.05, 0) is 35.6 Å². The number of benzene rings is 1. The molecule has 1 amide bonds. The van der Waals surface area contributed by atoms with Crippen molar-refractivity contribution in [2.45, 2.75) is 6.92 Å². The number of amides is 1. The number of ether oxygens (including phenoxy) is 2. The van der Waals surface area contributed by atoms with E-state index in [0.29, 0.717) is 3.57 Å². The minimum absolute atomic E-state index is 0.0836. The molecule has 0 unspecified atom stereocenters. The largest absolute Gasteiger partial charge is 0.493 e. The summed E-state index contributed by atoms with van der Waals surface area (Å²) in [6.45, 7) is 1.85. The van der Waals surface area contributed by atoms with E-state index in [2.05, 4.69) is 10.1 Å². The summed E-state index contributed by atoms with van der Waals surface area (Å²) in [6, 6.07) is 1.10. The van der Waals surface area contributed by atoms with E-state index in [1.807, 2.05) is 22.6 Å². The van der Waals surface area contributed by atoms with Crippen LogP contribution in [0.4, 0.5) is 14.9 Å². The Hall–Kier alpha value is -0.760. The van der Waals surface area contributed by atoms with Crippen LogP contribution >= 0.6 is 34.2 Å². The molecule has 0 spiro atoms. The predicted octanol–water partition coefficient (Wildman–Crippen LogP) is 3.66. The summed E-state index contributed by atoms with van der Waals surface area (Å²) in [6.07, 6.45) is -0.747. The summed E-state index contributed by atoms with van der Waals surface area (Å²) in [7, 11) is 1.36. The van der Waals surface area contributed by atoms with Gasteiger partial charge in [0.05, 0.1) is 22.3 Å². The van der Waals surface area contributed by atoms with Crippen LogP contribution in [-0.4, -0.2) is 19.8 Å². The van der Waals surface area contributed by atoms with E-state index in [1.54, 1.807) is 6.92 Å². The van der Waals surface area contributed by atoms with Gasteiger partial charge in [-0.15, -0.1) is 0 Å². The highest BCUT2D eigenvalue weighted by Crippen LogP contribution is 2.37. The second kappa shape index (κ2) is 6.25. The van der Waals surface area contributed by atoms with E-state index in [9.17, 15) is 9.18 Å². The first kappa shape index (κ1) is 14.3. The Labute approximate surface area is 117 Å². The number of halogens is 3. The van der Waals surface area contributed by atoms with Crippen molar-refractivity contribution < 1.29 is 18.7 Å². The van der Waals surface area contributed by atoms with Crippen molar-refractivity contribution >= 4 is 46.0 Å². The topological polar surface area (TPSA) is 47.6 Å². The zero-order chi connectivity index (χ0) is 13.0. The predicted molar refractivity (Wildman–Crippen MR) is 71.3 cm³/mol. The molecule has 0 fully saturated rings. The minimum Gasteiger partial charge on any atom is -0.493 e. The highest BCUT2D eigenvalue weighted by Gasteiger charge is 2.19. The van der Waals surface area contributed by atoms with Crippen LogP contribution in [0.15, 0.2) is 6.07 Å². The van der Waals surface area contributed by atoms with Gasteiger partial charge in [0.2, 0.25) is 0 Å². The Bertz CT molecular complexity index is 442. The maximum atomic E-state index is 13.6. The second-order valence-corrected chi connectivity index (χ2v) is 4.39. The van der Waals surface area contributed by atoms with Crippen LogP contribution in [0.2, 0.25) is 5.02 Å². The second-order valence-electron chi connectivity index (χ2n) is 2.91. The number of hydrogen-bond acceptors (Lipinski definition) is 3. The fraction of sp³-hybridized carbons (Fsp3) is 0.300. The average Bonchev–Trinajstić information content (AvgIpc) is 2.27.